The minimum Gasteiger partial charge on any atom is -0.392 e. The van der Waals surface area contributed by atoms with Gasteiger partial charge in [-0.2, -0.15) is 10.2 Å². The molecule has 2 atom stereocenters. The van der Waals surface area contributed by atoms with E-state index in [2.05, 4.69) is 10.2 Å². The maximum Gasteiger partial charge on any atom is 0.149 e. The predicted octanol–water partition coefficient (Wildman–Crippen LogP) is -1.23. The summed E-state index contributed by atoms with van der Waals surface area (Å²) in [6.45, 7) is 2.37. The van der Waals surface area contributed by atoms with Crippen LogP contribution in [-0.4, -0.2) is 34.8 Å². The van der Waals surface area contributed by atoms with Crippen molar-refractivity contribution in [3.8, 4) is 0 Å². The Morgan fingerprint density at radius 1 is 1.00 bits per heavy atom. The summed E-state index contributed by atoms with van der Waals surface area (Å²) in [5.41, 5.74) is 8.60. The van der Waals surface area contributed by atoms with Crippen LogP contribution in [0.3, 0.4) is 0 Å². The zero-order valence-corrected chi connectivity index (χ0v) is 7.36. The molecule has 6 nitrogen and oxygen atoms in total. The highest BCUT2D eigenvalue weighted by Gasteiger charge is 2.20. The third-order valence-corrected chi connectivity index (χ3v) is 1.15. The summed E-state index contributed by atoms with van der Waals surface area (Å²) in [5.74, 6) is 0. The Labute approximate surface area is 71.3 Å². The van der Waals surface area contributed by atoms with Gasteiger partial charge in [-0.3, -0.25) is 0 Å². The zero-order chi connectivity index (χ0) is 9.83. The lowest BCUT2D eigenvalue weighted by atomic mass is 10.2. The average Bonchev–Trinajstić information content (AvgIpc) is 2.02. The van der Waals surface area contributed by atoms with Crippen LogP contribution < -0.4 is 11.5 Å². The van der Waals surface area contributed by atoms with E-state index < -0.39 is 11.3 Å². The smallest absolute Gasteiger partial charge is 0.149 e. The van der Waals surface area contributed by atoms with Crippen LogP contribution in [0, 0.1) is 0 Å². The number of rotatable bonds is 4. The minimum absolute atomic E-state index is 0.321. The van der Waals surface area contributed by atoms with E-state index in [1.807, 2.05) is 0 Å². The van der Waals surface area contributed by atoms with E-state index in [-0.39, 0.29) is 13.2 Å². The first-order chi connectivity index (χ1) is 5.33. The standard InChI is InChI=1S/C6H16N4O2/c1-5(7,3-11)9-10-6(2,8)4-12/h11-12H,3-4,7-8H2,1-2H3. The molecule has 0 saturated heterocycles. The summed E-state index contributed by atoms with van der Waals surface area (Å²) in [6.07, 6.45) is 0. The van der Waals surface area contributed by atoms with Crippen molar-refractivity contribution in [2.45, 2.75) is 25.2 Å². The summed E-state index contributed by atoms with van der Waals surface area (Å²) in [7, 11) is 0. The number of nitrogens with zero attached hydrogens (tertiary/aromatic N) is 2. The van der Waals surface area contributed by atoms with Crippen molar-refractivity contribution in [1.29, 1.82) is 0 Å². The third kappa shape index (κ3) is 4.35. The highest BCUT2D eigenvalue weighted by molar-refractivity contribution is 4.77. The van der Waals surface area contributed by atoms with Crippen LogP contribution in [0.25, 0.3) is 0 Å². The van der Waals surface area contributed by atoms with Gasteiger partial charge in [-0.05, 0) is 13.8 Å². The molecule has 0 aliphatic rings. The molecular formula is C6H16N4O2. The fourth-order valence-corrected chi connectivity index (χ4v) is 0.292. The molecule has 0 rings (SSSR count). The molecule has 12 heavy (non-hydrogen) atoms. The van der Waals surface area contributed by atoms with Crippen molar-refractivity contribution in [3.63, 3.8) is 0 Å². The van der Waals surface area contributed by atoms with Gasteiger partial charge in [0.2, 0.25) is 0 Å². The second kappa shape index (κ2) is 3.90. The number of hydrogen-bond donors (Lipinski definition) is 4. The Morgan fingerprint density at radius 3 is 1.42 bits per heavy atom. The Hall–Kier alpha value is -0.560. The number of azo groups is 1. The SMILES string of the molecule is CC(N)(CO)N=NC(C)(N)CO. The highest BCUT2D eigenvalue weighted by atomic mass is 16.3. The van der Waals surface area contributed by atoms with Crippen molar-refractivity contribution in [1.82, 2.24) is 0 Å². The monoisotopic (exact) mass is 176 g/mol. The lowest BCUT2D eigenvalue weighted by molar-refractivity contribution is 0.183. The molecule has 0 radical (unpaired) electrons. The maximum absolute atomic E-state index is 8.68. The summed E-state index contributed by atoms with van der Waals surface area (Å²) in [4.78, 5) is 0. The molecule has 0 aromatic carbocycles. The zero-order valence-electron chi connectivity index (χ0n) is 7.36. The van der Waals surface area contributed by atoms with Crippen molar-refractivity contribution in [2.75, 3.05) is 13.2 Å². The number of aliphatic hydroxyl groups excluding tert-OH is 2. The van der Waals surface area contributed by atoms with Crippen molar-refractivity contribution in [3.05, 3.63) is 0 Å². The van der Waals surface area contributed by atoms with Gasteiger partial charge in [-0.15, -0.1) is 0 Å². The van der Waals surface area contributed by atoms with Gasteiger partial charge in [0.25, 0.3) is 0 Å². The normalized spacial score (nSPS) is 22.2. The van der Waals surface area contributed by atoms with Gasteiger partial charge in [0.05, 0.1) is 13.2 Å². The quantitative estimate of drug-likeness (QED) is 0.401. The molecule has 2 unspecified atom stereocenters. The minimum atomic E-state index is -1.13. The Bertz CT molecular complexity index is 149. The Kier molecular flexibility index (Phi) is 3.72. The van der Waals surface area contributed by atoms with Crippen LogP contribution in [0.15, 0.2) is 10.2 Å². The van der Waals surface area contributed by atoms with E-state index in [9.17, 15) is 0 Å². The van der Waals surface area contributed by atoms with Crippen LogP contribution in [0.4, 0.5) is 0 Å². The third-order valence-electron chi connectivity index (χ3n) is 1.15. The van der Waals surface area contributed by atoms with Crippen LogP contribution in [0.2, 0.25) is 0 Å². The van der Waals surface area contributed by atoms with Crippen LogP contribution in [0.1, 0.15) is 13.8 Å². The molecule has 72 valence electrons. The summed E-state index contributed by atoms with van der Waals surface area (Å²) < 4.78 is 0. The van der Waals surface area contributed by atoms with Gasteiger partial charge in [0.15, 0.2) is 0 Å². The van der Waals surface area contributed by atoms with Gasteiger partial charge >= 0.3 is 0 Å². The van der Waals surface area contributed by atoms with E-state index >= 15 is 0 Å². The van der Waals surface area contributed by atoms with E-state index in [4.69, 9.17) is 21.7 Å². The number of hydrogen-bond acceptors (Lipinski definition) is 6. The molecule has 6 heteroatoms. The molecule has 0 aliphatic carbocycles. The lowest BCUT2D eigenvalue weighted by Gasteiger charge is -2.19. The summed E-state index contributed by atoms with van der Waals surface area (Å²) in [6, 6.07) is 0. The van der Waals surface area contributed by atoms with Gasteiger partial charge in [0, 0.05) is 0 Å². The topological polar surface area (TPSA) is 117 Å². The lowest BCUT2D eigenvalue weighted by Crippen LogP contribution is -2.41. The van der Waals surface area contributed by atoms with Crippen LogP contribution in [0.5, 0.6) is 0 Å². The molecule has 0 saturated carbocycles. The van der Waals surface area contributed by atoms with Crippen molar-refractivity contribution >= 4 is 0 Å². The second-order valence-electron chi connectivity index (χ2n) is 3.23. The molecule has 0 aliphatic heterocycles. The van der Waals surface area contributed by atoms with Crippen molar-refractivity contribution < 1.29 is 10.2 Å². The van der Waals surface area contributed by atoms with E-state index in [0.29, 0.717) is 0 Å². The molecule has 6 N–H and O–H groups in total. The maximum atomic E-state index is 8.68. The van der Waals surface area contributed by atoms with Crippen LogP contribution in [-0.2, 0) is 0 Å². The molecule has 0 amide bonds. The van der Waals surface area contributed by atoms with Crippen molar-refractivity contribution in [2.24, 2.45) is 21.7 Å². The molecule has 0 fully saturated rings. The molecule has 0 bridgehead atoms. The summed E-state index contributed by atoms with van der Waals surface area (Å²) in [5, 5.41) is 24.5. The average molecular weight is 176 g/mol. The molecule has 0 heterocycles. The van der Waals surface area contributed by atoms with E-state index in [1.165, 1.54) is 13.8 Å². The fourth-order valence-electron chi connectivity index (χ4n) is 0.292. The molecule has 0 aromatic rings. The number of aliphatic hydroxyl groups is 2. The van der Waals surface area contributed by atoms with Crippen LogP contribution >= 0.6 is 0 Å². The molecule has 0 aromatic heterocycles. The predicted molar refractivity (Wildman–Crippen MR) is 44.2 cm³/mol. The highest BCUT2D eigenvalue weighted by Crippen LogP contribution is 2.06. The Morgan fingerprint density at radius 2 is 1.25 bits per heavy atom. The fraction of sp³-hybridized carbons (Fsp3) is 1.00. The van der Waals surface area contributed by atoms with Gasteiger partial charge in [-0.25, -0.2) is 0 Å². The van der Waals surface area contributed by atoms with Gasteiger partial charge < -0.3 is 21.7 Å². The van der Waals surface area contributed by atoms with Gasteiger partial charge in [0.1, 0.15) is 11.3 Å². The molecule has 0 spiro atoms. The Balaban J connectivity index is 4.23. The van der Waals surface area contributed by atoms with Gasteiger partial charge in [-0.1, -0.05) is 0 Å². The first kappa shape index (κ1) is 11.4. The first-order valence-electron chi connectivity index (χ1n) is 3.56. The second-order valence-corrected chi connectivity index (χ2v) is 3.23. The largest absolute Gasteiger partial charge is 0.392 e. The first-order valence-corrected chi connectivity index (χ1v) is 3.56. The van der Waals surface area contributed by atoms with E-state index in [0.717, 1.165) is 0 Å². The number of nitrogens with two attached hydrogens (primary N) is 2. The van der Waals surface area contributed by atoms with E-state index in [1.54, 1.807) is 0 Å². The summed E-state index contributed by atoms with van der Waals surface area (Å²) >= 11 is 0. The molecular weight excluding hydrogens is 160 g/mol.